The van der Waals surface area contributed by atoms with Crippen LogP contribution in [-0.2, 0) is 16.1 Å². The molecule has 0 bridgehead atoms. The molecule has 2 saturated heterocycles. The average molecular weight is 523 g/mol. The first-order chi connectivity index (χ1) is 18.4. The minimum atomic E-state index is -0.293. The van der Waals surface area contributed by atoms with Crippen LogP contribution in [0.1, 0.15) is 44.1 Å². The molecule has 4 heterocycles. The molecule has 2 aromatic heterocycles. The van der Waals surface area contributed by atoms with E-state index >= 15 is 0 Å². The number of aromatic nitrogens is 3. The molecule has 0 radical (unpaired) electrons. The Kier molecular flexibility index (Phi) is 7.64. The predicted molar refractivity (Wildman–Crippen MR) is 138 cm³/mol. The standard InChI is InChI=1S/C27H31FN6O4/c1-17(2)37-27(35)33-11-9-19(10-12-33)36-16-25-31-26(32-38-25)18-7-8-24(30-13-18)34-14-21(23(29)15-34)20-5-3-4-6-22(20)28/h3-8,13,17,19,21,29H,9-12,14-16H2,1-2H3. The Balaban J connectivity index is 1.13. The zero-order chi connectivity index (χ0) is 26.6. The van der Waals surface area contributed by atoms with Gasteiger partial charge in [-0.2, -0.15) is 4.98 Å². The summed E-state index contributed by atoms with van der Waals surface area (Å²) in [6.07, 6.45) is 2.67. The maximum atomic E-state index is 14.2. The fraction of sp³-hybridized carbons (Fsp3) is 0.444. The molecule has 1 unspecified atom stereocenters. The van der Waals surface area contributed by atoms with Crippen LogP contribution in [0.3, 0.4) is 0 Å². The van der Waals surface area contributed by atoms with Crippen molar-refractivity contribution in [2.45, 2.75) is 51.4 Å². The largest absolute Gasteiger partial charge is 0.447 e. The number of carbonyl (C=O) groups is 1. The van der Waals surface area contributed by atoms with Crippen LogP contribution in [0.4, 0.5) is 15.0 Å². The molecule has 5 rings (SSSR count). The highest BCUT2D eigenvalue weighted by Crippen LogP contribution is 2.30. The molecule has 2 aliphatic heterocycles. The van der Waals surface area contributed by atoms with Crippen molar-refractivity contribution in [1.29, 1.82) is 5.41 Å². The Hall–Kier alpha value is -3.86. The monoisotopic (exact) mass is 522 g/mol. The highest BCUT2D eigenvalue weighted by molar-refractivity contribution is 5.95. The van der Waals surface area contributed by atoms with Crippen molar-refractivity contribution in [3.63, 3.8) is 0 Å². The number of anilines is 1. The van der Waals surface area contributed by atoms with Gasteiger partial charge >= 0.3 is 6.09 Å². The van der Waals surface area contributed by atoms with Crippen molar-refractivity contribution in [3.8, 4) is 11.4 Å². The number of piperidine rings is 1. The number of rotatable bonds is 7. The van der Waals surface area contributed by atoms with Gasteiger partial charge in [0.2, 0.25) is 5.82 Å². The minimum absolute atomic E-state index is 0.00165. The smallest absolute Gasteiger partial charge is 0.410 e. The van der Waals surface area contributed by atoms with Crippen molar-refractivity contribution in [2.75, 3.05) is 31.1 Å². The Morgan fingerprint density at radius 1 is 1.21 bits per heavy atom. The molecule has 11 heteroatoms. The lowest BCUT2D eigenvalue weighted by Gasteiger charge is -2.31. The molecule has 10 nitrogen and oxygen atoms in total. The molecular formula is C27H31FN6O4. The lowest BCUT2D eigenvalue weighted by atomic mass is 9.96. The number of likely N-dealkylation sites (tertiary alicyclic amines) is 1. The van der Waals surface area contributed by atoms with E-state index in [1.54, 1.807) is 29.3 Å². The SMILES string of the molecule is CC(C)OC(=O)N1CCC(OCc2nc(-c3ccc(N4CC(=N)C(c5ccccc5F)C4)nc3)no2)CC1. The third-order valence-corrected chi connectivity index (χ3v) is 6.74. The third-order valence-electron chi connectivity index (χ3n) is 6.74. The highest BCUT2D eigenvalue weighted by Gasteiger charge is 2.31. The summed E-state index contributed by atoms with van der Waals surface area (Å²) >= 11 is 0. The second-order valence-electron chi connectivity index (χ2n) is 9.83. The summed E-state index contributed by atoms with van der Waals surface area (Å²) in [6.45, 7) is 5.91. The van der Waals surface area contributed by atoms with Gasteiger partial charge in [0.15, 0.2) is 0 Å². The minimum Gasteiger partial charge on any atom is -0.447 e. The van der Waals surface area contributed by atoms with Crippen molar-refractivity contribution in [3.05, 3.63) is 59.9 Å². The van der Waals surface area contributed by atoms with Crippen LogP contribution < -0.4 is 4.90 Å². The van der Waals surface area contributed by atoms with Gasteiger partial charge in [-0.05, 0) is 50.5 Å². The molecule has 38 heavy (non-hydrogen) atoms. The fourth-order valence-electron chi connectivity index (χ4n) is 4.74. The zero-order valence-electron chi connectivity index (χ0n) is 21.5. The van der Waals surface area contributed by atoms with Gasteiger partial charge in [0.25, 0.3) is 5.89 Å². The lowest BCUT2D eigenvalue weighted by molar-refractivity contribution is -0.0147. The second kappa shape index (κ2) is 11.3. The maximum absolute atomic E-state index is 14.2. The second-order valence-corrected chi connectivity index (χ2v) is 9.83. The molecule has 2 fully saturated rings. The topological polar surface area (TPSA) is 118 Å². The zero-order valence-corrected chi connectivity index (χ0v) is 21.5. The number of ether oxygens (including phenoxy) is 2. The molecule has 1 N–H and O–H groups in total. The summed E-state index contributed by atoms with van der Waals surface area (Å²) in [5.41, 5.74) is 1.70. The van der Waals surface area contributed by atoms with Crippen molar-refractivity contribution in [1.82, 2.24) is 20.0 Å². The number of nitrogens with one attached hydrogen (secondary N) is 1. The number of halogens is 1. The Labute approximate surface area is 220 Å². The van der Waals surface area contributed by atoms with E-state index in [-0.39, 0.29) is 36.6 Å². The molecule has 1 atom stereocenters. The van der Waals surface area contributed by atoms with E-state index in [1.165, 1.54) is 6.07 Å². The summed E-state index contributed by atoms with van der Waals surface area (Å²) in [7, 11) is 0. The van der Waals surface area contributed by atoms with Gasteiger partial charge in [0.1, 0.15) is 18.2 Å². The van der Waals surface area contributed by atoms with Crippen LogP contribution in [0.15, 0.2) is 47.1 Å². The van der Waals surface area contributed by atoms with Gasteiger partial charge in [-0.1, -0.05) is 23.4 Å². The number of pyridine rings is 1. The molecule has 1 amide bonds. The lowest BCUT2D eigenvalue weighted by Crippen LogP contribution is -2.41. The number of carbonyl (C=O) groups excluding carboxylic acids is 1. The number of hydrogen-bond donors (Lipinski definition) is 1. The van der Waals surface area contributed by atoms with Crippen molar-refractivity contribution in [2.24, 2.45) is 0 Å². The van der Waals surface area contributed by atoms with E-state index in [4.69, 9.17) is 19.4 Å². The third kappa shape index (κ3) is 5.83. The molecular weight excluding hydrogens is 491 g/mol. The van der Waals surface area contributed by atoms with E-state index in [9.17, 15) is 9.18 Å². The fourth-order valence-corrected chi connectivity index (χ4v) is 4.74. The summed E-state index contributed by atoms with van der Waals surface area (Å²) < 4.78 is 30.8. The molecule has 3 aromatic rings. The van der Waals surface area contributed by atoms with E-state index in [0.717, 1.165) is 0 Å². The molecule has 0 saturated carbocycles. The van der Waals surface area contributed by atoms with Crippen LogP contribution >= 0.6 is 0 Å². The van der Waals surface area contributed by atoms with Crippen molar-refractivity contribution < 1.29 is 23.2 Å². The summed E-state index contributed by atoms with van der Waals surface area (Å²) in [5.74, 6) is 0.895. The molecule has 200 valence electrons. The number of nitrogens with zero attached hydrogens (tertiary/aromatic N) is 5. The number of benzene rings is 1. The Bertz CT molecular complexity index is 1270. The molecule has 0 aliphatic carbocycles. The van der Waals surface area contributed by atoms with Crippen LogP contribution in [-0.4, -0.2) is 70.2 Å². The molecule has 0 spiro atoms. The van der Waals surface area contributed by atoms with E-state index in [2.05, 4.69) is 15.1 Å². The van der Waals surface area contributed by atoms with Gasteiger partial charge < -0.3 is 29.2 Å². The Morgan fingerprint density at radius 2 is 2.00 bits per heavy atom. The van der Waals surface area contributed by atoms with Gasteiger partial charge in [0.05, 0.1) is 18.8 Å². The van der Waals surface area contributed by atoms with Crippen LogP contribution in [0.25, 0.3) is 11.4 Å². The predicted octanol–water partition coefficient (Wildman–Crippen LogP) is 4.42. The van der Waals surface area contributed by atoms with E-state index in [1.807, 2.05) is 30.9 Å². The number of amides is 1. The molecule has 2 aliphatic rings. The quantitative estimate of drug-likeness (QED) is 0.485. The van der Waals surface area contributed by atoms with Crippen LogP contribution in [0.2, 0.25) is 0 Å². The van der Waals surface area contributed by atoms with Gasteiger partial charge in [-0.25, -0.2) is 14.2 Å². The van der Waals surface area contributed by atoms with E-state index in [0.29, 0.717) is 73.4 Å². The van der Waals surface area contributed by atoms with E-state index < -0.39 is 0 Å². The number of hydrogen-bond acceptors (Lipinski definition) is 9. The first kappa shape index (κ1) is 25.8. The Morgan fingerprint density at radius 3 is 2.71 bits per heavy atom. The molecule has 1 aromatic carbocycles. The van der Waals surface area contributed by atoms with Crippen LogP contribution in [0.5, 0.6) is 0 Å². The van der Waals surface area contributed by atoms with Crippen LogP contribution in [0, 0.1) is 11.2 Å². The van der Waals surface area contributed by atoms with Gasteiger partial charge in [-0.3, -0.25) is 0 Å². The first-order valence-corrected chi connectivity index (χ1v) is 12.8. The summed E-state index contributed by atoms with van der Waals surface area (Å²) in [5, 5.41) is 12.4. The normalized spacial score (nSPS) is 18.4. The summed E-state index contributed by atoms with van der Waals surface area (Å²) in [6, 6.07) is 10.3. The summed E-state index contributed by atoms with van der Waals surface area (Å²) in [4.78, 5) is 24.6. The first-order valence-electron chi connectivity index (χ1n) is 12.8. The maximum Gasteiger partial charge on any atom is 0.410 e. The average Bonchev–Trinajstić information content (AvgIpc) is 3.55. The van der Waals surface area contributed by atoms with Crippen molar-refractivity contribution >= 4 is 17.6 Å². The highest BCUT2D eigenvalue weighted by atomic mass is 19.1. The van der Waals surface area contributed by atoms with Gasteiger partial charge in [0, 0.05) is 43.0 Å². The van der Waals surface area contributed by atoms with Gasteiger partial charge in [-0.15, -0.1) is 0 Å².